The van der Waals surface area contributed by atoms with Gasteiger partial charge in [-0.15, -0.1) is 0 Å². The van der Waals surface area contributed by atoms with Gasteiger partial charge in [-0.2, -0.15) is 0 Å². The van der Waals surface area contributed by atoms with Crippen LogP contribution < -0.4 is 5.32 Å². The molecule has 1 fully saturated rings. The number of β-amino-alcohol motifs (C(OH)–C–C–N with tert-alkyl or cyclic N) is 1. The molecule has 98 valence electrons. The lowest BCUT2D eigenvalue weighted by atomic mass is 10.2. The highest BCUT2D eigenvalue weighted by molar-refractivity contribution is 5.79. The largest absolute Gasteiger partial charge is 0.391 e. The Balaban J connectivity index is 2.14. The van der Waals surface area contributed by atoms with E-state index in [1.54, 1.807) is 4.90 Å². The van der Waals surface area contributed by atoms with Crippen molar-refractivity contribution in [2.24, 2.45) is 0 Å². The van der Waals surface area contributed by atoms with Crippen LogP contribution in [0.5, 0.6) is 0 Å². The van der Waals surface area contributed by atoms with Gasteiger partial charge in [0.25, 0.3) is 0 Å². The first-order valence-corrected chi connectivity index (χ1v) is 6.24. The van der Waals surface area contributed by atoms with E-state index in [1.165, 1.54) is 0 Å². The first-order chi connectivity index (χ1) is 7.99. The number of likely N-dealkylation sites (tertiary alicyclic amines) is 1. The zero-order valence-electron chi connectivity index (χ0n) is 10.6. The Kier molecular flexibility index (Phi) is 5.41. The van der Waals surface area contributed by atoms with Crippen LogP contribution in [0.4, 0.5) is 0 Å². The molecule has 0 aliphatic carbocycles. The second-order valence-corrected chi connectivity index (χ2v) is 4.86. The zero-order valence-corrected chi connectivity index (χ0v) is 10.6. The first kappa shape index (κ1) is 14.0. The van der Waals surface area contributed by atoms with Crippen LogP contribution in [0.2, 0.25) is 0 Å². The molecule has 2 N–H and O–H groups in total. The molecule has 1 atom stereocenters. The summed E-state index contributed by atoms with van der Waals surface area (Å²) >= 11 is 0. The number of carbonyl (C=O) groups excluding carboxylic acids is 2. The van der Waals surface area contributed by atoms with Crippen LogP contribution in [0, 0.1) is 0 Å². The molecule has 1 aliphatic rings. The summed E-state index contributed by atoms with van der Waals surface area (Å²) in [6, 6.07) is 0.145. The first-order valence-electron chi connectivity index (χ1n) is 6.24. The molecule has 0 spiro atoms. The van der Waals surface area contributed by atoms with Crippen molar-refractivity contribution in [3.63, 3.8) is 0 Å². The zero-order chi connectivity index (χ0) is 12.8. The van der Waals surface area contributed by atoms with E-state index in [4.69, 9.17) is 0 Å². The van der Waals surface area contributed by atoms with Gasteiger partial charge in [0.1, 0.15) is 0 Å². The van der Waals surface area contributed by atoms with Crippen LogP contribution in [-0.2, 0) is 9.59 Å². The Bertz CT molecular complexity index is 279. The summed E-state index contributed by atoms with van der Waals surface area (Å²) in [4.78, 5) is 24.7. The fraction of sp³-hybridized carbons (Fsp3) is 0.833. The molecule has 1 heterocycles. The van der Waals surface area contributed by atoms with Crippen LogP contribution >= 0.6 is 0 Å². The van der Waals surface area contributed by atoms with Gasteiger partial charge in [-0.1, -0.05) is 0 Å². The lowest BCUT2D eigenvalue weighted by Gasteiger charge is -2.15. The number of nitrogens with zero attached hydrogens (tertiary/aromatic N) is 1. The molecule has 0 saturated carbocycles. The average Bonchev–Trinajstić information content (AvgIpc) is 2.63. The van der Waals surface area contributed by atoms with E-state index in [1.807, 2.05) is 13.8 Å². The summed E-state index contributed by atoms with van der Waals surface area (Å²) in [6.07, 6.45) is 1.64. The van der Waals surface area contributed by atoms with Gasteiger partial charge in [-0.05, 0) is 26.7 Å². The van der Waals surface area contributed by atoms with Crippen LogP contribution in [0.1, 0.15) is 39.5 Å². The normalized spacial score (nSPS) is 19.8. The van der Waals surface area contributed by atoms with Gasteiger partial charge in [0.05, 0.1) is 6.10 Å². The Morgan fingerprint density at radius 1 is 1.41 bits per heavy atom. The van der Waals surface area contributed by atoms with Crippen LogP contribution in [0.15, 0.2) is 0 Å². The molecule has 0 unspecified atom stereocenters. The molecule has 0 aromatic carbocycles. The van der Waals surface area contributed by atoms with Gasteiger partial charge >= 0.3 is 0 Å². The summed E-state index contributed by atoms with van der Waals surface area (Å²) in [7, 11) is 0. The highest BCUT2D eigenvalue weighted by atomic mass is 16.3. The molecule has 1 rings (SSSR count). The third kappa shape index (κ3) is 5.17. The fourth-order valence-electron chi connectivity index (χ4n) is 1.92. The van der Waals surface area contributed by atoms with E-state index in [9.17, 15) is 14.7 Å². The van der Waals surface area contributed by atoms with Crippen molar-refractivity contribution >= 4 is 11.8 Å². The van der Waals surface area contributed by atoms with E-state index in [-0.39, 0.29) is 24.0 Å². The summed E-state index contributed by atoms with van der Waals surface area (Å²) in [5, 5.41) is 12.1. The Morgan fingerprint density at radius 2 is 2.12 bits per heavy atom. The van der Waals surface area contributed by atoms with E-state index >= 15 is 0 Å². The minimum Gasteiger partial charge on any atom is -0.391 e. The maximum absolute atomic E-state index is 11.7. The topological polar surface area (TPSA) is 69.6 Å². The Hall–Kier alpha value is -1.10. The number of carbonyl (C=O) groups is 2. The number of nitrogens with one attached hydrogen (secondary N) is 1. The number of hydrogen-bond acceptors (Lipinski definition) is 3. The van der Waals surface area contributed by atoms with Crippen molar-refractivity contribution in [1.82, 2.24) is 10.2 Å². The number of aliphatic hydroxyl groups excluding tert-OH is 1. The van der Waals surface area contributed by atoms with Crippen molar-refractivity contribution < 1.29 is 14.7 Å². The monoisotopic (exact) mass is 242 g/mol. The third-order valence-corrected chi connectivity index (χ3v) is 2.76. The van der Waals surface area contributed by atoms with Gasteiger partial charge < -0.3 is 15.3 Å². The quantitative estimate of drug-likeness (QED) is 0.727. The second-order valence-electron chi connectivity index (χ2n) is 4.86. The summed E-state index contributed by atoms with van der Waals surface area (Å²) in [5.41, 5.74) is 0. The predicted molar refractivity (Wildman–Crippen MR) is 64.3 cm³/mol. The number of aliphatic hydroxyl groups is 1. The van der Waals surface area contributed by atoms with Gasteiger partial charge in [0, 0.05) is 32.0 Å². The van der Waals surface area contributed by atoms with Crippen LogP contribution in [-0.4, -0.2) is 47.1 Å². The highest BCUT2D eigenvalue weighted by Gasteiger charge is 2.23. The molecule has 1 saturated heterocycles. The lowest BCUT2D eigenvalue weighted by Crippen LogP contribution is -2.31. The molecular formula is C12H22N2O3. The molecule has 5 heteroatoms. The Morgan fingerprint density at radius 3 is 2.65 bits per heavy atom. The summed E-state index contributed by atoms with van der Waals surface area (Å²) < 4.78 is 0. The van der Waals surface area contributed by atoms with Crippen LogP contribution in [0.3, 0.4) is 0 Å². The maximum atomic E-state index is 11.7. The molecule has 0 aromatic rings. The SMILES string of the molecule is CC(C)NC(=O)CCCC(=O)N1CC[C@@H](O)C1. The summed E-state index contributed by atoms with van der Waals surface area (Å²) in [6.45, 7) is 4.90. The van der Waals surface area contributed by atoms with Crippen molar-refractivity contribution in [1.29, 1.82) is 0 Å². The van der Waals surface area contributed by atoms with Crippen molar-refractivity contribution in [2.75, 3.05) is 13.1 Å². The highest BCUT2D eigenvalue weighted by Crippen LogP contribution is 2.11. The molecular weight excluding hydrogens is 220 g/mol. The number of hydrogen-bond donors (Lipinski definition) is 2. The third-order valence-electron chi connectivity index (χ3n) is 2.76. The number of rotatable bonds is 5. The lowest BCUT2D eigenvalue weighted by molar-refractivity contribution is -0.130. The predicted octanol–water partition coefficient (Wildman–Crippen LogP) is 0.274. The molecule has 0 aromatic heterocycles. The standard InChI is InChI=1S/C12H22N2O3/c1-9(2)13-11(16)4-3-5-12(17)14-7-6-10(15)8-14/h9-10,15H,3-8H2,1-2H3,(H,13,16)/t10-/m1/s1. The van der Waals surface area contributed by atoms with Gasteiger partial charge in [0.2, 0.25) is 11.8 Å². The molecule has 0 radical (unpaired) electrons. The van der Waals surface area contributed by atoms with E-state index < -0.39 is 0 Å². The smallest absolute Gasteiger partial charge is 0.222 e. The molecule has 17 heavy (non-hydrogen) atoms. The van der Waals surface area contributed by atoms with Gasteiger partial charge in [-0.25, -0.2) is 0 Å². The average molecular weight is 242 g/mol. The van der Waals surface area contributed by atoms with E-state index in [2.05, 4.69) is 5.32 Å². The van der Waals surface area contributed by atoms with Gasteiger partial charge in [-0.3, -0.25) is 9.59 Å². The van der Waals surface area contributed by atoms with Crippen molar-refractivity contribution in [2.45, 2.75) is 51.7 Å². The number of amides is 2. The minimum atomic E-state index is -0.372. The van der Waals surface area contributed by atoms with E-state index in [0.717, 1.165) is 0 Å². The molecule has 5 nitrogen and oxygen atoms in total. The molecule has 0 bridgehead atoms. The van der Waals surface area contributed by atoms with Gasteiger partial charge in [0.15, 0.2) is 0 Å². The minimum absolute atomic E-state index is 0.00532. The van der Waals surface area contributed by atoms with Crippen molar-refractivity contribution in [3.05, 3.63) is 0 Å². The maximum Gasteiger partial charge on any atom is 0.222 e. The molecule has 2 amide bonds. The second kappa shape index (κ2) is 6.59. The summed E-state index contributed by atoms with van der Waals surface area (Å²) in [5.74, 6) is 0.0353. The fourth-order valence-corrected chi connectivity index (χ4v) is 1.92. The van der Waals surface area contributed by atoms with E-state index in [0.29, 0.717) is 38.8 Å². The van der Waals surface area contributed by atoms with Crippen molar-refractivity contribution in [3.8, 4) is 0 Å². The molecule has 1 aliphatic heterocycles. The van der Waals surface area contributed by atoms with Crippen LogP contribution in [0.25, 0.3) is 0 Å². The Labute approximate surface area is 102 Å².